The molecule has 15 heavy (non-hydrogen) atoms. The van der Waals surface area contributed by atoms with Gasteiger partial charge in [0.25, 0.3) is 0 Å². The Balaban J connectivity index is 2.73. The molecular formula is C12H25FN2. The third kappa shape index (κ3) is 3.72. The number of hydrogen-bond donors (Lipinski definition) is 0. The van der Waals surface area contributed by atoms with Crippen molar-refractivity contribution in [2.24, 2.45) is 5.41 Å². The molecule has 0 atom stereocenters. The van der Waals surface area contributed by atoms with Crippen molar-refractivity contribution >= 4 is 0 Å². The van der Waals surface area contributed by atoms with Crippen LogP contribution in [0.25, 0.3) is 0 Å². The highest BCUT2D eigenvalue weighted by molar-refractivity contribution is 4.87. The van der Waals surface area contributed by atoms with Crippen LogP contribution in [0, 0.1) is 5.41 Å². The van der Waals surface area contributed by atoms with E-state index in [2.05, 4.69) is 39.5 Å². The average molecular weight is 216 g/mol. The van der Waals surface area contributed by atoms with Gasteiger partial charge in [-0.25, -0.2) is 4.39 Å². The van der Waals surface area contributed by atoms with E-state index in [9.17, 15) is 4.39 Å². The first kappa shape index (κ1) is 12.9. The maximum atomic E-state index is 12.7. The summed E-state index contributed by atoms with van der Waals surface area (Å²) in [6.07, 6.45) is 0. The summed E-state index contributed by atoms with van der Waals surface area (Å²) in [6, 6.07) is 0. The van der Waals surface area contributed by atoms with E-state index in [-0.39, 0.29) is 17.8 Å². The molecule has 0 spiro atoms. The van der Waals surface area contributed by atoms with Gasteiger partial charge >= 0.3 is 0 Å². The van der Waals surface area contributed by atoms with Crippen LogP contribution >= 0.6 is 0 Å². The highest BCUT2D eigenvalue weighted by Crippen LogP contribution is 2.26. The van der Waals surface area contributed by atoms with Gasteiger partial charge in [-0.1, -0.05) is 13.8 Å². The SMILES string of the molecule is CC1(C)CN(CF)CCN(C(C)(C)C)C1. The van der Waals surface area contributed by atoms with E-state index in [1.54, 1.807) is 0 Å². The number of alkyl halides is 1. The topological polar surface area (TPSA) is 6.48 Å². The second-order valence-electron chi connectivity index (χ2n) is 6.43. The quantitative estimate of drug-likeness (QED) is 0.621. The van der Waals surface area contributed by atoms with E-state index >= 15 is 0 Å². The second kappa shape index (κ2) is 4.38. The van der Waals surface area contributed by atoms with Crippen molar-refractivity contribution in [1.82, 2.24) is 9.80 Å². The molecule has 0 bridgehead atoms. The summed E-state index contributed by atoms with van der Waals surface area (Å²) in [5, 5.41) is 0. The third-order valence-electron chi connectivity index (χ3n) is 3.07. The minimum atomic E-state index is -0.318. The van der Waals surface area contributed by atoms with E-state index in [1.165, 1.54) is 0 Å². The Morgan fingerprint density at radius 3 is 2.20 bits per heavy atom. The van der Waals surface area contributed by atoms with Crippen LogP contribution in [0.4, 0.5) is 4.39 Å². The van der Waals surface area contributed by atoms with E-state index in [0.717, 1.165) is 26.2 Å². The fraction of sp³-hybridized carbons (Fsp3) is 1.00. The highest BCUT2D eigenvalue weighted by atomic mass is 19.1. The largest absolute Gasteiger partial charge is 0.297 e. The zero-order valence-corrected chi connectivity index (χ0v) is 10.8. The van der Waals surface area contributed by atoms with Gasteiger partial charge in [-0.05, 0) is 26.2 Å². The first-order valence-corrected chi connectivity index (χ1v) is 5.78. The molecule has 1 aliphatic rings. The van der Waals surface area contributed by atoms with Gasteiger partial charge in [0.2, 0.25) is 0 Å². The molecule has 0 aromatic heterocycles. The van der Waals surface area contributed by atoms with Crippen LogP contribution in [-0.4, -0.2) is 48.3 Å². The summed E-state index contributed by atoms with van der Waals surface area (Å²) in [4.78, 5) is 4.37. The fourth-order valence-corrected chi connectivity index (χ4v) is 2.27. The van der Waals surface area contributed by atoms with Gasteiger partial charge in [-0.3, -0.25) is 9.80 Å². The minimum Gasteiger partial charge on any atom is -0.297 e. The third-order valence-corrected chi connectivity index (χ3v) is 3.07. The summed E-state index contributed by atoms with van der Waals surface area (Å²) in [7, 11) is 0. The van der Waals surface area contributed by atoms with Crippen LogP contribution in [0.3, 0.4) is 0 Å². The van der Waals surface area contributed by atoms with Gasteiger partial charge < -0.3 is 0 Å². The van der Waals surface area contributed by atoms with E-state index < -0.39 is 0 Å². The molecule has 0 aromatic rings. The second-order valence-corrected chi connectivity index (χ2v) is 6.43. The summed E-state index contributed by atoms with van der Waals surface area (Å²) in [6.45, 7) is 14.5. The summed E-state index contributed by atoms with van der Waals surface area (Å²) >= 11 is 0. The molecule has 0 radical (unpaired) electrons. The van der Waals surface area contributed by atoms with Gasteiger partial charge in [0, 0.05) is 31.7 Å². The minimum absolute atomic E-state index is 0.176. The fourth-order valence-electron chi connectivity index (χ4n) is 2.27. The zero-order chi connectivity index (χ0) is 11.7. The number of nitrogens with zero attached hydrogens (tertiary/aromatic N) is 2. The molecule has 2 nitrogen and oxygen atoms in total. The van der Waals surface area contributed by atoms with Crippen LogP contribution in [0.15, 0.2) is 0 Å². The Morgan fingerprint density at radius 1 is 1.13 bits per heavy atom. The lowest BCUT2D eigenvalue weighted by Crippen LogP contribution is -2.46. The Labute approximate surface area is 93.4 Å². The van der Waals surface area contributed by atoms with Crippen LogP contribution in [0.5, 0.6) is 0 Å². The Hall–Kier alpha value is -0.150. The summed E-state index contributed by atoms with van der Waals surface area (Å²) in [5.41, 5.74) is 0.361. The molecule has 1 saturated heterocycles. The molecule has 1 aliphatic heterocycles. The maximum absolute atomic E-state index is 12.7. The van der Waals surface area contributed by atoms with Crippen molar-refractivity contribution < 1.29 is 4.39 Å². The van der Waals surface area contributed by atoms with Gasteiger partial charge in [-0.2, -0.15) is 0 Å². The molecule has 0 N–H and O–H groups in total. The Bertz CT molecular complexity index is 208. The molecule has 0 amide bonds. The van der Waals surface area contributed by atoms with Crippen molar-refractivity contribution in [3.05, 3.63) is 0 Å². The first-order chi connectivity index (χ1) is 6.74. The lowest BCUT2D eigenvalue weighted by atomic mass is 9.91. The van der Waals surface area contributed by atoms with Crippen LogP contribution < -0.4 is 0 Å². The predicted octanol–water partition coefficient (Wildman–Crippen LogP) is 2.36. The number of rotatable bonds is 1. The lowest BCUT2D eigenvalue weighted by Gasteiger charge is -2.38. The normalized spacial score (nSPS) is 25.2. The number of halogens is 1. The average Bonchev–Trinajstić information content (AvgIpc) is 2.22. The molecule has 1 heterocycles. The molecule has 0 saturated carbocycles. The smallest absolute Gasteiger partial charge is 0.143 e. The molecule has 0 unspecified atom stereocenters. The van der Waals surface area contributed by atoms with Crippen molar-refractivity contribution in [3.63, 3.8) is 0 Å². The number of hydrogen-bond acceptors (Lipinski definition) is 2. The van der Waals surface area contributed by atoms with Crippen molar-refractivity contribution in [2.45, 2.75) is 40.2 Å². The van der Waals surface area contributed by atoms with Crippen molar-refractivity contribution in [3.8, 4) is 0 Å². The molecule has 0 aliphatic carbocycles. The molecule has 1 fully saturated rings. The van der Waals surface area contributed by atoms with Crippen LogP contribution in [-0.2, 0) is 0 Å². The van der Waals surface area contributed by atoms with Gasteiger partial charge in [0.05, 0.1) is 0 Å². The predicted molar refractivity (Wildman–Crippen MR) is 62.7 cm³/mol. The lowest BCUT2D eigenvalue weighted by molar-refractivity contribution is 0.103. The standard InChI is InChI=1S/C12H25FN2/c1-11(2,3)15-7-6-14(10-13)8-12(4,5)9-15/h6-10H2,1-5H3. The molecule has 0 aromatic carbocycles. The van der Waals surface area contributed by atoms with Crippen LogP contribution in [0.2, 0.25) is 0 Å². The molecule has 3 heteroatoms. The summed E-state index contributed by atoms with van der Waals surface area (Å²) in [5.74, 6) is 0. The molecular weight excluding hydrogens is 191 g/mol. The highest BCUT2D eigenvalue weighted by Gasteiger charge is 2.33. The zero-order valence-electron chi connectivity index (χ0n) is 10.8. The van der Waals surface area contributed by atoms with Gasteiger partial charge in [0.1, 0.15) is 6.80 Å². The van der Waals surface area contributed by atoms with Gasteiger partial charge in [0.15, 0.2) is 0 Å². The molecule has 90 valence electrons. The Kier molecular flexibility index (Phi) is 3.77. The summed E-state index contributed by atoms with van der Waals surface area (Å²) < 4.78 is 12.7. The van der Waals surface area contributed by atoms with E-state index in [1.807, 2.05) is 4.90 Å². The van der Waals surface area contributed by atoms with Gasteiger partial charge in [-0.15, -0.1) is 0 Å². The monoisotopic (exact) mass is 216 g/mol. The maximum Gasteiger partial charge on any atom is 0.143 e. The van der Waals surface area contributed by atoms with Crippen molar-refractivity contribution in [2.75, 3.05) is 33.0 Å². The van der Waals surface area contributed by atoms with Crippen molar-refractivity contribution in [1.29, 1.82) is 0 Å². The van der Waals surface area contributed by atoms with Crippen LogP contribution in [0.1, 0.15) is 34.6 Å². The van der Waals surface area contributed by atoms with E-state index in [4.69, 9.17) is 0 Å². The Morgan fingerprint density at radius 2 is 1.73 bits per heavy atom. The molecule has 1 rings (SSSR count). The van der Waals surface area contributed by atoms with E-state index in [0.29, 0.717) is 0 Å². The first-order valence-electron chi connectivity index (χ1n) is 5.78.